The summed E-state index contributed by atoms with van der Waals surface area (Å²) in [6, 6.07) is 0. The van der Waals surface area contributed by atoms with Gasteiger partial charge in [-0.1, -0.05) is 0 Å². The van der Waals surface area contributed by atoms with Crippen LogP contribution in [0.15, 0.2) is 0 Å². The fourth-order valence-electron chi connectivity index (χ4n) is 0. The van der Waals surface area contributed by atoms with Gasteiger partial charge in [-0.25, -0.2) is 0 Å². The third-order valence-electron chi connectivity index (χ3n) is 0. The zero-order chi connectivity index (χ0) is 7.21. The van der Waals surface area contributed by atoms with E-state index >= 15 is 0 Å². The molecule has 0 aliphatic carbocycles. The molecule has 0 fully saturated rings. The molecule has 0 aromatic rings. The van der Waals surface area contributed by atoms with Crippen molar-refractivity contribution in [2.75, 3.05) is 0 Å². The van der Waals surface area contributed by atoms with E-state index in [4.69, 9.17) is 24.9 Å². The van der Waals surface area contributed by atoms with Crippen molar-refractivity contribution in [3.63, 3.8) is 0 Å². The Bertz CT molecular complexity index is 161. The van der Waals surface area contributed by atoms with E-state index < -0.39 is 26.6 Å². The van der Waals surface area contributed by atoms with E-state index in [1.807, 2.05) is 0 Å². The molecule has 0 aromatic carbocycles. The minimum absolute atomic E-state index is 0. The van der Waals surface area contributed by atoms with Gasteiger partial charge in [0.15, 0.2) is 0 Å². The Kier molecular flexibility index (Phi) is 17.3. The average Bonchev–Trinajstić information content (AvgIpc) is 1.27. The van der Waals surface area contributed by atoms with Gasteiger partial charge in [0.1, 0.15) is 0 Å². The fourth-order valence-corrected chi connectivity index (χ4v) is 0. The van der Waals surface area contributed by atoms with Crippen LogP contribution in [0.25, 0.3) is 0 Å². The predicted molar refractivity (Wildman–Crippen MR) is 23.5 cm³/mol. The molecule has 2 N–H and O–H groups in total. The van der Waals surface area contributed by atoms with Crippen LogP contribution in [0.4, 0.5) is 0 Å². The van der Waals surface area contributed by atoms with Crippen molar-refractivity contribution in [2.24, 2.45) is 0 Å². The molecule has 0 atom stereocenters. The first kappa shape index (κ1) is 16.7. The normalized spacial score (nSPS) is 7.33. The van der Waals surface area contributed by atoms with Gasteiger partial charge < -0.3 is 2.85 Å². The second kappa shape index (κ2) is 9.31. The molecule has 0 spiro atoms. The quantitative estimate of drug-likeness (QED) is 0.400. The van der Waals surface area contributed by atoms with Gasteiger partial charge in [-0.15, -0.1) is 0 Å². The molecule has 0 saturated heterocycles. The SMILES string of the molecule is O=S(=O)(O)O.[Ca+2].[H-].[H-].[O]=[V]=[O]. The van der Waals surface area contributed by atoms with E-state index in [0.29, 0.717) is 0 Å². The molecule has 0 radical (unpaired) electrons. The van der Waals surface area contributed by atoms with Crippen molar-refractivity contribution in [3.05, 3.63) is 0 Å². The van der Waals surface area contributed by atoms with Gasteiger partial charge in [0.05, 0.1) is 0 Å². The molecule has 0 heterocycles. The Labute approximate surface area is 91.1 Å². The number of rotatable bonds is 0. The van der Waals surface area contributed by atoms with Crippen LogP contribution in [0, 0.1) is 0 Å². The molecule has 0 amide bonds. The predicted octanol–water partition coefficient (Wildman–Crippen LogP) is -1.05. The standard InChI is InChI=1S/Ca.H2O4S.2O.V.2H/c;1-5(2,3)4;;;;;/h;(H2,1,2,3,4);;;;;/q+2;;;;;2*-1. The minimum atomic E-state index is -4.67. The van der Waals surface area contributed by atoms with E-state index in [-0.39, 0.29) is 40.6 Å². The summed E-state index contributed by atoms with van der Waals surface area (Å²) in [6.45, 7) is 0. The van der Waals surface area contributed by atoms with Gasteiger partial charge in [0, 0.05) is 0 Å². The zero-order valence-electron chi connectivity index (χ0n) is 6.09. The second-order valence-corrected chi connectivity index (χ2v) is 1.65. The molecular weight excluding hydrogens is 219 g/mol. The topological polar surface area (TPSA) is 109 Å². The zero-order valence-corrected chi connectivity index (χ0v) is 8.51. The molecule has 0 saturated carbocycles. The van der Waals surface area contributed by atoms with Crippen molar-refractivity contribution >= 4 is 48.1 Å². The Morgan fingerprint density at radius 2 is 1.22 bits per heavy atom. The first-order valence-electron chi connectivity index (χ1n) is 1.06. The van der Waals surface area contributed by atoms with Crippen LogP contribution in [0.2, 0.25) is 0 Å². The van der Waals surface area contributed by atoms with E-state index in [0.717, 1.165) is 0 Å². The Morgan fingerprint density at radius 1 is 1.22 bits per heavy atom. The first-order valence-corrected chi connectivity index (χ1v) is 3.60. The Hall–Kier alpha value is 1.31. The van der Waals surface area contributed by atoms with Crippen molar-refractivity contribution in [3.8, 4) is 0 Å². The molecule has 0 unspecified atom stereocenters. The number of hydrogen-bond donors (Lipinski definition) is 2. The summed E-state index contributed by atoms with van der Waals surface area (Å²) >= 11 is -1.81. The van der Waals surface area contributed by atoms with E-state index in [9.17, 15) is 0 Å². The van der Waals surface area contributed by atoms with E-state index in [2.05, 4.69) is 0 Å². The van der Waals surface area contributed by atoms with Gasteiger partial charge in [-0.05, 0) is 0 Å². The fraction of sp³-hybridized carbons (Fsp3) is 0. The van der Waals surface area contributed by atoms with Crippen LogP contribution in [0.1, 0.15) is 2.85 Å². The van der Waals surface area contributed by atoms with Gasteiger partial charge >= 0.3 is 71.7 Å². The van der Waals surface area contributed by atoms with E-state index in [1.54, 1.807) is 0 Å². The molecule has 0 aliphatic rings. The maximum absolute atomic E-state index is 8.74. The Morgan fingerprint density at radius 3 is 1.22 bits per heavy atom. The maximum atomic E-state index is 8.74. The summed E-state index contributed by atoms with van der Waals surface area (Å²) < 4.78 is 48.5. The van der Waals surface area contributed by atoms with Crippen LogP contribution in [-0.4, -0.2) is 55.3 Å². The summed E-state index contributed by atoms with van der Waals surface area (Å²) in [6.07, 6.45) is 0. The van der Waals surface area contributed by atoms with Crippen LogP contribution >= 0.6 is 0 Å². The Balaban J connectivity index is -0.0000000183. The summed E-state index contributed by atoms with van der Waals surface area (Å²) in [4.78, 5) is 0. The number of hydrogen-bond acceptors (Lipinski definition) is 4. The summed E-state index contributed by atoms with van der Waals surface area (Å²) in [7, 11) is -4.67. The van der Waals surface area contributed by atoms with Crippen molar-refractivity contribution < 1.29 is 43.9 Å². The third-order valence-corrected chi connectivity index (χ3v) is 0. The molecular formula is H4CaO6SV. The monoisotopic (exact) mass is 223 g/mol. The molecule has 9 heteroatoms. The van der Waals surface area contributed by atoms with Gasteiger partial charge in [0.2, 0.25) is 0 Å². The molecule has 6 nitrogen and oxygen atoms in total. The molecule has 0 bridgehead atoms. The molecule has 0 rings (SSSR count). The van der Waals surface area contributed by atoms with E-state index in [1.165, 1.54) is 0 Å². The first-order chi connectivity index (χ1) is 3.41. The van der Waals surface area contributed by atoms with Gasteiger partial charge in [-0.3, -0.25) is 9.11 Å². The molecule has 9 heavy (non-hydrogen) atoms. The van der Waals surface area contributed by atoms with Crippen LogP contribution in [0.5, 0.6) is 0 Å². The third kappa shape index (κ3) is 289. The summed E-state index contributed by atoms with van der Waals surface area (Å²) in [5, 5.41) is 0. The van der Waals surface area contributed by atoms with Crippen molar-refractivity contribution in [2.45, 2.75) is 0 Å². The van der Waals surface area contributed by atoms with Crippen molar-refractivity contribution in [1.29, 1.82) is 0 Å². The van der Waals surface area contributed by atoms with Crippen molar-refractivity contribution in [1.82, 2.24) is 0 Å². The average molecular weight is 223 g/mol. The molecule has 0 aliphatic heterocycles. The van der Waals surface area contributed by atoms with Gasteiger partial charge in [0.25, 0.3) is 0 Å². The molecule has 53 valence electrons. The molecule has 0 aromatic heterocycles. The van der Waals surface area contributed by atoms with Crippen LogP contribution in [-0.2, 0) is 33.9 Å². The van der Waals surface area contributed by atoms with Gasteiger partial charge in [-0.2, -0.15) is 8.42 Å². The van der Waals surface area contributed by atoms with Crippen LogP contribution in [0.3, 0.4) is 0 Å². The summed E-state index contributed by atoms with van der Waals surface area (Å²) in [5.41, 5.74) is 0. The summed E-state index contributed by atoms with van der Waals surface area (Å²) in [5.74, 6) is 0. The van der Waals surface area contributed by atoms with Crippen LogP contribution < -0.4 is 0 Å². The second-order valence-electron chi connectivity index (χ2n) is 0.522.